The first-order valence-corrected chi connectivity index (χ1v) is 13.6. The van der Waals surface area contributed by atoms with Crippen LogP contribution in [0.4, 0.5) is 10.5 Å². The number of aliphatic imine (C=N–C) groups is 1. The van der Waals surface area contributed by atoms with Gasteiger partial charge in [0.15, 0.2) is 0 Å². The number of rotatable bonds is 4. The van der Waals surface area contributed by atoms with Gasteiger partial charge in [0.25, 0.3) is 0 Å². The lowest BCUT2D eigenvalue weighted by molar-refractivity contribution is -0.122. The summed E-state index contributed by atoms with van der Waals surface area (Å²) < 4.78 is 7.28. The molecular formula is C30H34N4O4. The minimum Gasteiger partial charge on any atom is -0.452 e. The quantitative estimate of drug-likeness (QED) is 0.511. The van der Waals surface area contributed by atoms with Crippen LogP contribution in [0.1, 0.15) is 86.2 Å². The van der Waals surface area contributed by atoms with Gasteiger partial charge in [-0.2, -0.15) is 0 Å². The maximum atomic E-state index is 12.7. The molecule has 2 aromatic carbocycles. The molecule has 0 unspecified atom stereocenters. The molecule has 4 atom stereocenters. The highest BCUT2D eigenvalue weighted by Crippen LogP contribution is 2.42. The number of benzene rings is 2. The fourth-order valence-corrected chi connectivity index (χ4v) is 6.58. The fourth-order valence-electron chi connectivity index (χ4n) is 6.58. The second kappa shape index (κ2) is 9.66. The Balaban J connectivity index is 1.52. The van der Waals surface area contributed by atoms with Crippen molar-refractivity contribution in [2.24, 2.45) is 10.9 Å². The molecule has 2 aliphatic heterocycles. The monoisotopic (exact) mass is 514 g/mol. The zero-order chi connectivity index (χ0) is 26.6. The third kappa shape index (κ3) is 4.02. The highest BCUT2D eigenvalue weighted by atomic mass is 16.5. The van der Waals surface area contributed by atoms with E-state index in [0.29, 0.717) is 12.4 Å². The van der Waals surface area contributed by atoms with Crippen molar-refractivity contribution in [1.82, 2.24) is 9.55 Å². The minimum atomic E-state index is -0.936. The Labute approximate surface area is 222 Å². The van der Waals surface area contributed by atoms with Gasteiger partial charge < -0.3 is 14.4 Å². The lowest BCUT2D eigenvalue weighted by Crippen LogP contribution is -2.42. The van der Waals surface area contributed by atoms with Crippen LogP contribution in [0.15, 0.2) is 35.3 Å². The van der Waals surface area contributed by atoms with E-state index >= 15 is 0 Å². The summed E-state index contributed by atoms with van der Waals surface area (Å²) in [6.45, 7) is 4.37. The molecule has 8 nitrogen and oxygen atoms in total. The Morgan fingerprint density at radius 3 is 2.79 bits per heavy atom. The zero-order valence-electron chi connectivity index (χ0n) is 22.2. The van der Waals surface area contributed by atoms with Crippen LogP contribution in [0.5, 0.6) is 0 Å². The third-order valence-electron chi connectivity index (χ3n) is 8.66. The summed E-state index contributed by atoms with van der Waals surface area (Å²) in [4.78, 5) is 36.2. The number of Topliss-reactive ketones (excluding diaryl/α,β-unsaturated/α-hetero) is 1. The molecule has 1 aromatic heterocycles. The van der Waals surface area contributed by atoms with E-state index in [1.807, 2.05) is 43.5 Å². The van der Waals surface area contributed by atoms with E-state index < -0.39 is 6.10 Å². The predicted octanol–water partition coefficient (Wildman–Crippen LogP) is 5.28. The van der Waals surface area contributed by atoms with E-state index in [0.717, 1.165) is 77.5 Å². The molecule has 8 heteroatoms. The van der Waals surface area contributed by atoms with Gasteiger partial charge in [-0.1, -0.05) is 18.6 Å². The number of anilines is 1. The molecule has 1 aliphatic carbocycles. The van der Waals surface area contributed by atoms with Gasteiger partial charge in [-0.05, 0) is 80.8 Å². The van der Waals surface area contributed by atoms with Gasteiger partial charge in [-0.15, -0.1) is 0 Å². The molecule has 6 rings (SSSR count). The molecule has 1 amide bonds. The number of hydrogen-bond donors (Lipinski definition) is 1. The van der Waals surface area contributed by atoms with Gasteiger partial charge >= 0.3 is 6.09 Å². The molecule has 0 radical (unpaired) electrons. The number of fused-ring (bicyclic) bond motifs is 4. The van der Waals surface area contributed by atoms with E-state index in [9.17, 15) is 14.7 Å². The van der Waals surface area contributed by atoms with Crippen LogP contribution in [-0.4, -0.2) is 45.9 Å². The highest BCUT2D eigenvalue weighted by molar-refractivity contribution is 5.95. The predicted molar refractivity (Wildman–Crippen MR) is 146 cm³/mol. The number of aryl methyl sites for hydroxylation is 1. The summed E-state index contributed by atoms with van der Waals surface area (Å²) >= 11 is 0. The van der Waals surface area contributed by atoms with Gasteiger partial charge in [0.1, 0.15) is 17.7 Å². The van der Waals surface area contributed by atoms with Crippen molar-refractivity contribution in [3.05, 3.63) is 58.4 Å². The standard InChI is InChI=1S/C30H34N4O4/c1-17-7-10-24-25(33(17)30(37)38-3)11-12-26-27(24)32-29(34(26)23-6-4-5-19(14-23)18(2)35)28(36)20-8-9-21-15-31-16-22(21)13-20/h8-9,11-13,16-17,19,23,28,36H,4-7,10,14-15H2,1-3H3/t17-,19+,23+,28+/m0/s1. The number of ketones is 1. The first-order chi connectivity index (χ1) is 18.4. The molecule has 198 valence electrons. The number of amides is 1. The van der Waals surface area contributed by atoms with Gasteiger partial charge in [-0.3, -0.25) is 14.7 Å². The number of imidazole rings is 1. The summed E-state index contributed by atoms with van der Waals surface area (Å²) in [7, 11) is 1.40. The third-order valence-corrected chi connectivity index (χ3v) is 8.66. The van der Waals surface area contributed by atoms with E-state index in [4.69, 9.17) is 9.72 Å². The Hall–Kier alpha value is -3.52. The first-order valence-electron chi connectivity index (χ1n) is 13.6. The molecule has 0 saturated heterocycles. The van der Waals surface area contributed by atoms with Crippen LogP contribution >= 0.6 is 0 Å². The number of aromatic nitrogens is 2. The molecule has 3 aromatic rings. The average molecular weight is 515 g/mol. The number of aliphatic hydroxyl groups excluding tert-OH is 1. The number of carbonyl (C=O) groups is 2. The Morgan fingerprint density at radius 2 is 2.00 bits per heavy atom. The second-order valence-electron chi connectivity index (χ2n) is 11.0. The van der Waals surface area contributed by atoms with Crippen LogP contribution in [0.2, 0.25) is 0 Å². The van der Waals surface area contributed by atoms with Gasteiger partial charge in [-0.25, -0.2) is 9.78 Å². The van der Waals surface area contributed by atoms with Crippen LogP contribution in [0.3, 0.4) is 0 Å². The Morgan fingerprint density at radius 1 is 1.16 bits per heavy atom. The van der Waals surface area contributed by atoms with E-state index in [1.165, 1.54) is 7.11 Å². The molecule has 3 aliphatic rings. The van der Waals surface area contributed by atoms with Gasteiger partial charge in [0.05, 0.1) is 30.4 Å². The Bertz CT molecular complexity index is 1460. The van der Waals surface area contributed by atoms with Crippen LogP contribution < -0.4 is 4.90 Å². The van der Waals surface area contributed by atoms with Crippen molar-refractivity contribution < 1.29 is 19.4 Å². The van der Waals surface area contributed by atoms with Crippen LogP contribution in [0, 0.1) is 5.92 Å². The number of hydrogen-bond acceptors (Lipinski definition) is 6. The van der Waals surface area contributed by atoms with Crippen molar-refractivity contribution in [2.45, 2.75) is 77.1 Å². The van der Waals surface area contributed by atoms with Crippen molar-refractivity contribution in [3.8, 4) is 0 Å². The lowest BCUT2D eigenvalue weighted by atomic mass is 9.83. The van der Waals surface area contributed by atoms with Gasteiger partial charge in [0.2, 0.25) is 0 Å². The van der Waals surface area contributed by atoms with E-state index in [-0.39, 0.29) is 29.9 Å². The minimum absolute atomic E-state index is 0.0145. The molecule has 0 spiro atoms. The maximum Gasteiger partial charge on any atom is 0.414 e. The van der Waals surface area contributed by atoms with Crippen molar-refractivity contribution in [1.29, 1.82) is 0 Å². The second-order valence-corrected chi connectivity index (χ2v) is 11.0. The molecule has 1 fully saturated rings. The van der Waals surface area contributed by atoms with Crippen LogP contribution in [0.25, 0.3) is 11.0 Å². The van der Waals surface area contributed by atoms with Crippen molar-refractivity contribution in [2.75, 3.05) is 12.0 Å². The molecule has 38 heavy (non-hydrogen) atoms. The smallest absolute Gasteiger partial charge is 0.414 e. The number of nitrogens with zero attached hydrogens (tertiary/aromatic N) is 4. The SMILES string of the molecule is COC(=O)N1c2ccc3c(nc([C@H](O)c4ccc5c(c4)C=NC5)n3[C@@H]3CCC[C@@H](C(C)=O)C3)c2CC[C@@H]1C. The summed E-state index contributed by atoms with van der Waals surface area (Å²) in [6.07, 6.45) is 5.64. The zero-order valence-corrected chi connectivity index (χ0v) is 22.2. The number of carbonyl (C=O) groups excluding carboxylic acids is 2. The summed E-state index contributed by atoms with van der Waals surface area (Å²) in [6, 6.07) is 10.0. The lowest BCUT2D eigenvalue weighted by Gasteiger charge is -2.34. The summed E-state index contributed by atoms with van der Waals surface area (Å²) in [5.74, 6) is 0.820. The summed E-state index contributed by atoms with van der Waals surface area (Å²) in [5.41, 5.74) is 6.51. The molecule has 3 heterocycles. The largest absolute Gasteiger partial charge is 0.452 e. The summed E-state index contributed by atoms with van der Waals surface area (Å²) in [5, 5.41) is 11.8. The molecule has 0 bridgehead atoms. The highest BCUT2D eigenvalue weighted by Gasteiger charge is 2.35. The Kier molecular flexibility index (Phi) is 6.30. The van der Waals surface area contributed by atoms with E-state index in [2.05, 4.69) is 9.56 Å². The number of ether oxygens (including phenoxy) is 1. The number of methoxy groups -OCH3 is 1. The van der Waals surface area contributed by atoms with Crippen LogP contribution in [-0.2, 0) is 22.5 Å². The molecule has 1 N–H and O–H groups in total. The van der Waals surface area contributed by atoms with Gasteiger partial charge in [0, 0.05) is 29.8 Å². The number of aliphatic hydroxyl groups is 1. The van der Waals surface area contributed by atoms with Crippen molar-refractivity contribution in [3.63, 3.8) is 0 Å². The van der Waals surface area contributed by atoms with E-state index in [1.54, 1.807) is 11.8 Å². The topological polar surface area (TPSA) is 97.0 Å². The fraction of sp³-hybridized carbons (Fsp3) is 0.467. The first kappa shape index (κ1) is 24.8. The molecular weight excluding hydrogens is 480 g/mol. The average Bonchev–Trinajstić information content (AvgIpc) is 3.56. The normalized spacial score (nSPS) is 23.3. The maximum absolute atomic E-state index is 12.7. The molecule has 1 saturated carbocycles. The van der Waals surface area contributed by atoms with Crippen molar-refractivity contribution >= 4 is 34.8 Å².